The van der Waals surface area contributed by atoms with Gasteiger partial charge in [-0.3, -0.25) is 14.6 Å². The highest BCUT2D eigenvalue weighted by Crippen LogP contribution is 2.15. The van der Waals surface area contributed by atoms with Crippen molar-refractivity contribution in [3.05, 3.63) is 59.9 Å². The molecule has 0 bridgehead atoms. The minimum atomic E-state index is -1.09. The van der Waals surface area contributed by atoms with Crippen molar-refractivity contribution < 1.29 is 19.4 Å². The average molecular weight is 300 g/mol. The van der Waals surface area contributed by atoms with E-state index in [0.29, 0.717) is 17.9 Å². The quantitative estimate of drug-likeness (QED) is 0.850. The van der Waals surface area contributed by atoms with Crippen LogP contribution < -0.4 is 10.1 Å². The zero-order valence-corrected chi connectivity index (χ0v) is 12.0. The molecule has 0 spiro atoms. The van der Waals surface area contributed by atoms with E-state index in [1.807, 2.05) is 12.1 Å². The topological polar surface area (TPSA) is 88.5 Å². The molecule has 1 amide bonds. The lowest BCUT2D eigenvalue weighted by Crippen LogP contribution is -2.38. The molecule has 6 nitrogen and oxygen atoms in total. The van der Waals surface area contributed by atoms with Crippen molar-refractivity contribution in [2.45, 2.75) is 19.6 Å². The fourth-order valence-corrected chi connectivity index (χ4v) is 1.72. The molecule has 2 N–H and O–H groups in total. The van der Waals surface area contributed by atoms with Crippen LogP contribution >= 0.6 is 0 Å². The first kappa shape index (κ1) is 15.5. The van der Waals surface area contributed by atoms with Gasteiger partial charge in [0.05, 0.1) is 0 Å². The van der Waals surface area contributed by atoms with Crippen LogP contribution in [0.5, 0.6) is 5.75 Å². The number of benzene rings is 1. The highest BCUT2D eigenvalue weighted by Gasteiger charge is 2.15. The molecule has 22 heavy (non-hydrogen) atoms. The summed E-state index contributed by atoms with van der Waals surface area (Å²) < 4.78 is 5.60. The predicted octanol–water partition coefficient (Wildman–Crippen LogP) is 1.86. The van der Waals surface area contributed by atoms with Crippen molar-refractivity contribution in [1.29, 1.82) is 0 Å². The van der Waals surface area contributed by atoms with E-state index >= 15 is 0 Å². The number of pyridine rings is 1. The van der Waals surface area contributed by atoms with Crippen molar-refractivity contribution >= 4 is 11.9 Å². The number of ether oxygens (including phenoxy) is 1. The molecule has 0 fully saturated rings. The zero-order valence-electron chi connectivity index (χ0n) is 12.0. The highest BCUT2D eigenvalue weighted by atomic mass is 16.5. The second kappa shape index (κ2) is 7.21. The lowest BCUT2D eigenvalue weighted by atomic mass is 10.2. The van der Waals surface area contributed by atoms with Gasteiger partial charge in [0.15, 0.2) is 0 Å². The molecule has 6 heteroatoms. The third-order valence-corrected chi connectivity index (χ3v) is 2.94. The summed E-state index contributed by atoms with van der Waals surface area (Å²) in [6.07, 6.45) is 3.38. The van der Waals surface area contributed by atoms with E-state index in [9.17, 15) is 9.59 Å². The Balaban J connectivity index is 2.00. The van der Waals surface area contributed by atoms with Crippen LogP contribution in [-0.2, 0) is 11.4 Å². The van der Waals surface area contributed by atoms with Crippen molar-refractivity contribution in [1.82, 2.24) is 10.3 Å². The molecular formula is C16H16N2O4. The Kier molecular flexibility index (Phi) is 5.08. The maximum Gasteiger partial charge on any atom is 0.325 e. The highest BCUT2D eigenvalue weighted by molar-refractivity contribution is 5.96. The number of hydrogen-bond donors (Lipinski definition) is 2. The smallest absolute Gasteiger partial charge is 0.325 e. The van der Waals surface area contributed by atoms with Crippen molar-refractivity contribution in [3.8, 4) is 5.75 Å². The number of carbonyl (C=O) groups is 2. The van der Waals surface area contributed by atoms with Crippen LogP contribution in [0.15, 0.2) is 48.8 Å². The molecule has 1 atom stereocenters. The summed E-state index contributed by atoms with van der Waals surface area (Å²) in [6, 6.07) is 9.33. The molecule has 2 rings (SSSR count). The van der Waals surface area contributed by atoms with Crippen molar-refractivity contribution in [2.24, 2.45) is 0 Å². The first-order valence-corrected chi connectivity index (χ1v) is 6.71. The van der Waals surface area contributed by atoms with Crippen LogP contribution in [0.2, 0.25) is 0 Å². The van der Waals surface area contributed by atoms with Gasteiger partial charge in [0.1, 0.15) is 18.4 Å². The Hall–Kier alpha value is -2.89. The first-order valence-electron chi connectivity index (χ1n) is 6.71. The molecule has 0 aliphatic carbocycles. The van der Waals surface area contributed by atoms with Crippen LogP contribution in [-0.4, -0.2) is 28.0 Å². The molecule has 0 unspecified atom stereocenters. The summed E-state index contributed by atoms with van der Waals surface area (Å²) in [5, 5.41) is 11.2. The van der Waals surface area contributed by atoms with E-state index in [2.05, 4.69) is 10.3 Å². The molecule has 0 aliphatic heterocycles. The Morgan fingerprint density at radius 1 is 1.32 bits per heavy atom. The molecular weight excluding hydrogens is 284 g/mol. The molecule has 0 saturated carbocycles. The largest absolute Gasteiger partial charge is 0.489 e. The molecule has 0 aliphatic rings. The van der Waals surface area contributed by atoms with Gasteiger partial charge < -0.3 is 15.2 Å². The number of rotatable bonds is 6. The molecule has 2 aromatic rings. The maximum absolute atomic E-state index is 11.9. The zero-order chi connectivity index (χ0) is 15.9. The number of hydrogen-bond acceptors (Lipinski definition) is 4. The number of aromatic nitrogens is 1. The summed E-state index contributed by atoms with van der Waals surface area (Å²) in [7, 11) is 0. The lowest BCUT2D eigenvalue weighted by Gasteiger charge is -2.11. The van der Waals surface area contributed by atoms with Crippen LogP contribution in [0, 0.1) is 0 Å². The number of carbonyl (C=O) groups excluding carboxylic acids is 1. The first-order chi connectivity index (χ1) is 10.6. The molecule has 1 aromatic heterocycles. The standard InChI is InChI=1S/C16H16N2O4/c1-11(16(20)21)18-15(19)13-5-2-6-14(8-13)22-10-12-4-3-7-17-9-12/h2-9,11H,10H2,1H3,(H,18,19)(H,20,21)/t11-/m1/s1. The van der Waals surface area contributed by atoms with Crippen LogP contribution in [0.3, 0.4) is 0 Å². The van der Waals surface area contributed by atoms with E-state index in [1.54, 1.807) is 36.7 Å². The number of nitrogens with one attached hydrogen (secondary N) is 1. The fraction of sp³-hybridized carbons (Fsp3) is 0.188. The molecule has 1 aromatic carbocycles. The molecule has 114 valence electrons. The van der Waals surface area contributed by atoms with E-state index in [0.717, 1.165) is 5.56 Å². The minimum Gasteiger partial charge on any atom is -0.489 e. The molecule has 0 saturated heterocycles. The van der Waals surface area contributed by atoms with E-state index < -0.39 is 17.9 Å². The third-order valence-electron chi connectivity index (χ3n) is 2.94. The normalized spacial score (nSPS) is 11.5. The van der Waals surface area contributed by atoms with Gasteiger partial charge >= 0.3 is 5.97 Å². The minimum absolute atomic E-state index is 0.338. The number of aliphatic carboxylic acids is 1. The SMILES string of the molecule is C[C@@H](NC(=O)c1cccc(OCc2cccnc2)c1)C(=O)O. The monoisotopic (exact) mass is 300 g/mol. The number of nitrogens with zero attached hydrogens (tertiary/aromatic N) is 1. The summed E-state index contributed by atoms with van der Waals surface area (Å²) in [6.45, 7) is 1.74. The van der Waals surface area contributed by atoms with Gasteiger partial charge in [-0.1, -0.05) is 12.1 Å². The van der Waals surface area contributed by atoms with Crippen LogP contribution in [0.1, 0.15) is 22.8 Å². The summed E-state index contributed by atoms with van der Waals surface area (Å²) in [4.78, 5) is 26.7. The van der Waals surface area contributed by atoms with Gasteiger partial charge in [-0.15, -0.1) is 0 Å². The molecule has 1 heterocycles. The van der Waals surface area contributed by atoms with E-state index in [1.165, 1.54) is 6.92 Å². The third kappa shape index (κ3) is 4.31. The maximum atomic E-state index is 11.9. The lowest BCUT2D eigenvalue weighted by molar-refractivity contribution is -0.138. The van der Waals surface area contributed by atoms with Gasteiger partial charge in [0, 0.05) is 23.5 Å². The average Bonchev–Trinajstić information content (AvgIpc) is 2.54. The Morgan fingerprint density at radius 3 is 2.82 bits per heavy atom. The summed E-state index contributed by atoms with van der Waals surface area (Å²) in [5.74, 6) is -1.02. The van der Waals surface area contributed by atoms with Gasteiger partial charge in [-0.05, 0) is 31.2 Å². The van der Waals surface area contributed by atoms with E-state index in [-0.39, 0.29) is 0 Å². The van der Waals surface area contributed by atoms with Crippen molar-refractivity contribution in [3.63, 3.8) is 0 Å². The Morgan fingerprint density at radius 2 is 2.14 bits per heavy atom. The van der Waals surface area contributed by atoms with Crippen LogP contribution in [0.4, 0.5) is 0 Å². The fourth-order valence-electron chi connectivity index (χ4n) is 1.72. The van der Waals surface area contributed by atoms with Crippen LogP contribution in [0.25, 0.3) is 0 Å². The Bertz CT molecular complexity index is 658. The molecule has 0 radical (unpaired) electrons. The number of carboxylic acids is 1. The van der Waals surface area contributed by atoms with E-state index in [4.69, 9.17) is 9.84 Å². The van der Waals surface area contributed by atoms with Crippen molar-refractivity contribution in [2.75, 3.05) is 0 Å². The second-order valence-electron chi connectivity index (χ2n) is 4.71. The van der Waals surface area contributed by atoms with Gasteiger partial charge in [-0.2, -0.15) is 0 Å². The van der Waals surface area contributed by atoms with Gasteiger partial charge in [-0.25, -0.2) is 0 Å². The summed E-state index contributed by atoms with van der Waals surface area (Å²) >= 11 is 0. The predicted molar refractivity (Wildman–Crippen MR) is 79.6 cm³/mol. The number of carboxylic acid groups (broad SMARTS) is 1. The van der Waals surface area contributed by atoms with Gasteiger partial charge in [0.25, 0.3) is 5.91 Å². The second-order valence-corrected chi connectivity index (χ2v) is 4.71. The number of amides is 1. The Labute approximate surface area is 127 Å². The summed E-state index contributed by atoms with van der Waals surface area (Å²) in [5.41, 5.74) is 1.26. The van der Waals surface area contributed by atoms with Gasteiger partial charge in [0.2, 0.25) is 0 Å².